The van der Waals surface area contributed by atoms with Crippen molar-refractivity contribution in [2.75, 3.05) is 31.1 Å². The summed E-state index contributed by atoms with van der Waals surface area (Å²) in [5.74, 6) is -1.40. The van der Waals surface area contributed by atoms with Gasteiger partial charge in [-0.15, -0.1) is 0 Å². The zero-order valence-corrected chi connectivity index (χ0v) is 16.6. The highest BCUT2D eigenvalue weighted by Gasteiger charge is 2.26. The third-order valence-corrected chi connectivity index (χ3v) is 5.75. The van der Waals surface area contributed by atoms with Gasteiger partial charge < -0.3 is 9.88 Å². The van der Waals surface area contributed by atoms with Crippen molar-refractivity contribution in [1.82, 2.24) is 25.1 Å². The second-order valence-electron chi connectivity index (χ2n) is 7.88. The van der Waals surface area contributed by atoms with Crippen LogP contribution in [0.4, 0.5) is 18.9 Å². The van der Waals surface area contributed by atoms with E-state index in [1.807, 2.05) is 0 Å². The van der Waals surface area contributed by atoms with Crippen molar-refractivity contribution in [3.05, 3.63) is 41.7 Å². The molecule has 1 aliphatic rings. The van der Waals surface area contributed by atoms with Crippen LogP contribution in [0.2, 0.25) is 0 Å². The topological polar surface area (TPSA) is 63.8 Å². The van der Waals surface area contributed by atoms with Crippen LogP contribution in [0, 0.1) is 17.5 Å². The van der Waals surface area contributed by atoms with Crippen molar-refractivity contribution in [3.8, 4) is 11.5 Å². The van der Waals surface area contributed by atoms with Crippen LogP contribution in [0.25, 0.3) is 33.5 Å². The van der Waals surface area contributed by atoms with Crippen LogP contribution >= 0.6 is 0 Å². The molecule has 0 aliphatic carbocycles. The van der Waals surface area contributed by atoms with Crippen LogP contribution in [-0.4, -0.2) is 57.3 Å². The van der Waals surface area contributed by atoms with E-state index in [0.29, 0.717) is 41.6 Å². The summed E-state index contributed by atoms with van der Waals surface area (Å²) < 4.78 is 43.6. The van der Waals surface area contributed by atoms with E-state index in [4.69, 9.17) is 0 Å². The molecular weight excluding hydrogens is 393 g/mol. The number of imidazole rings is 1. The number of fused-ring (bicyclic) bond motifs is 2. The lowest BCUT2D eigenvalue weighted by Gasteiger charge is -2.38. The Balaban J connectivity index is 1.55. The van der Waals surface area contributed by atoms with Gasteiger partial charge in [0.05, 0.1) is 11.0 Å². The van der Waals surface area contributed by atoms with Gasteiger partial charge in [-0.3, -0.25) is 10.00 Å². The highest BCUT2D eigenvalue weighted by atomic mass is 19.1. The van der Waals surface area contributed by atoms with Crippen LogP contribution in [0.3, 0.4) is 0 Å². The number of piperazine rings is 1. The Bertz CT molecular complexity index is 1240. The summed E-state index contributed by atoms with van der Waals surface area (Å²) >= 11 is 0. The Morgan fingerprint density at radius 1 is 1.00 bits per heavy atom. The molecule has 0 spiro atoms. The molecule has 2 aromatic carbocycles. The number of nitrogens with zero attached hydrogens (tertiary/aromatic N) is 4. The van der Waals surface area contributed by atoms with Crippen LogP contribution in [0.1, 0.15) is 13.8 Å². The van der Waals surface area contributed by atoms with E-state index in [1.54, 1.807) is 11.0 Å². The average molecular weight is 414 g/mol. The zero-order valence-electron chi connectivity index (χ0n) is 16.6. The number of nitrogens with one attached hydrogen (secondary N) is 2. The molecule has 156 valence electrons. The summed E-state index contributed by atoms with van der Waals surface area (Å²) in [7, 11) is 0. The Hall–Kier alpha value is -3.07. The summed E-state index contributed by atoms with van der Waals surface area (Å²) in [6.45, 7) is 6.81. The molecule has 0 unspecified atom stereocenters. The van der Waals surface area contributed by atoms with E-state index < -0.39 is 17.5 Å². The molecule has 3 heterocycles. The average Bonchev–Trinajstić information content (AvgIpc) is 3.32. The fourth-order valence-corrected chi connectivity index (χ4v) is 4.11. The van der Waals surface area contributed by atoms with Crippen LogP contribution in [0.15, 0.2) is 24.3 Å². The standard InChI is InChI=1S/C21H21F3N6/c1-11(2)29-5-7-30(8-6-29)20-14(23)10-16-19(17(20)24)26-21(25-16)18-13-4-3-12(22)9-15(13)27-28-18/h3-4,9-11H,5-8H2,1-2H3,(H,25,26)(H,27,28). The maximum absolute atomic E-state index is 15.3. The minimum absolute atomic E-state index is 0.0436. The molecule has 0 saturated carbocycles. The summed E-state index contributed by atoms with van der Waals surface area (Å²) in [5, 5.41) is 7.56. The molecule has 6 nitrogen and oxygen atoms in total. The highest BCUT2D eigenvalue weighted by Crippen LogP contribution is 2.33. The molecule has 1 fully saturated rings. The van der Waals surface area contributed by atoms with Crippen molar-refractivity contribution < 1.29 is 13.2 Å². The Labute approximate surface area is 170 Å². The quantitative estimate of drug-likeness (QED) is 0.531. The third-order valence-electron chi connectivity index (χ3n) is 5.75. The third kappa shape index (κ3) is 3.00. The first-order valence-electron chi connectivity index (χ1n) is 9.93. The van der Waals surface area contributed by atoms with Crippen molar-refractivity contribution in [3.63, 3.8) is 0 Å². The normalized spacial score (nSPS) is 15.7. The Morgan fingerprint density at radius 3 is 2.50 bits per heavy atom. The molecule has 4 aromatic rings. The predicted octanol–water partition coefficient (Wildman–Crippen LogP) is 4.05. The van der Waals surface area contributed by atoms with Crippen LogP contribution in [0.5, 0.6) is 0 Å². The van der Waals surface area contributed by atoms with Gasteiger partial charge in [-0.25, -0.2) is 18.2 Å². The molecule has 2 N–H and O–H groups in total. The van der Waals surface area contributed by atoms with Gasteiger partial charge in [-0.1, -0.05) is 0 Å². The van der Waals surface area contributed by atoms with Crippen molar-refractivity contribution in [2.45, 2.75) is 19.9 Å². The van der Waals surface area contributed by atoms with E-state index >= 15 is 4.39 Å². The molecule has 2 aromatic heterocycles. The summed E-state index contributed by atoms with van der Waals surface area (Å²) in [5.41, 5.74) is 1.20. The largest absolute Gasteiger partial charge is 0.364 e. The summed E-state index contributed by atoms with van der Waals surface area (Å²) in [4.78, 5) is 11.3. The maximum Gasteiger partial charge on any atom is 0.177 e. The zero-order chi connectivity index (χ0) is 21.0. The molecule has 0 atom stereocenters. The molecule has 9 heteroatoms. The monoisotopic (exact) mass is 414 g/mol. The molecule has 1 saturated heterocycles. The summed E-state index contributed by atoms with van der Waals surface area (Å²) in [6, 6.07) is 5.89. The van der Waals surface area contributed by atoms with E-state index in [1.165, 1.54) is 18.2 Å². The lowest BCUT2D eigenvalue weighted by Crippen LogP contribution is -2.49. The second-order valence-corrected chi connectivity index (χ2v) is 7.88. The molecular formula is C21H21F3N6. The second kappa shape index (κ2) is 7.02. The molecule has 0 bridgehead atoms. The first-order valence-corrected chi connectivity index (χ1v) is 9.93. The van der Waals surface area contributed by atoms with Gasteiger partial charge in [0.25, 0.3) is 0 Å². The SMILES string of the molecule is CC(C)N1CCN(c2c(F)cc3[nH]c(-c4n[nH]c5cc(F)ccc45)nc3c2F)CC1. The number of aromatic amines is 2. The fraction of sp³-hybridized carbons (Fsp3) is 0.333. The van der Waals surface area contributed by atoms with Crippen molar-refractivity contribution >= 4 is 27.6 Å². The number of halogens is 3. The summed E-state index contributed by atoms with van der Waals surface area (Å²) in [6.07, 6.45) is 0. The number of hydrogen-bond donors (Lipinski definition) is 2. The van der Waals surface area contributed by atoms with E-state index in [-0.39, 0.29) is 16.7 Å². The van der Waals surface area contributed by atoms with Crippen LogP contribution in [-0.2, 0) is 0 Å². The number of aromatic nitrogens is 4. The van der Waals surface area contributed by atoms with Gasteiger partial charge in [0, 0.05) is 43.7 Å². The molecule has 30 heavy (non-hydrogen) atoms. The highest BCUT2D eigenvalue weighted by molar-refractivity contribution is 5.93. The first-order chi connectivity index (χ1) is 14.4. The Kier molecular flexibility index (Phi) is 4.43. The smallest absolute Gasteiger partial charge is 0.177 e. The number of anilines is 1. The minimum Gasteiger partial charge on any atom is -0.364 e. The van der Waals surface area contributed by atoms with Gasteiger partial charge in [0.2, 0.25) is 0 Å². The van der Waals surface area contributed by atoms with E-state index in [0.717, 1.165) is 13.1 Å². The van der Waals surface area contributed by atoms with E-state index in [9.17, 15) is 8.78 Å². The number of hydrogen-bond acceptors (Lipinski definition) is 4. The van der Waals surface area contributed by atoms with Gasteiger partial charge in [0.15, 0.2) is 17.5 Å². The maximum atomic E-state index is 15.3. The van der Waals surface area contributed by atoms with Gasteiger partial charge >= 0.3 is 0 Å². The van der Waals surface area contributed by atoms with E-state index in [2.05, 4.69) is 38.9 Å². The van der Waals surface area contributed by atoms with Gasteiger partial charge in [0.1, 0.15) is 22.7 Å². The number of benzene rings is 2. The lowest BCUT2D eigenvalue weighted by atomic mass is 10.2. The van der Waals surface area contributed by atoms with Crippen molar-refractivity contribution in [1.29, 1.82) is 0 Å². The predicted molar refractivity (Wildman–Crippen MR) is 110 cm³/mol. The number of H-pyrrole nitrogens is 2. The molecule has 1 aliphatic heterocycles. The Morgan fingerprint density at radius 2 is 1.77 bits per heavy atom. The van der Waals surface area contributed by atoms with Gasteiger partial charge in [-0.05, 0) is 32.0 Å². The molecule has 0 amide bonds. The number of rotatable bonds is 3. The van der Waals surface area contributed by atoms with Crippen LogP contribution < -0.4 is 4.90 Å². The first kappa shape index (κ1) is 18.9. The molecule has 5 rings (SSSR count). The molecule has 0 radical (unpaired) electrons. The lowest BCUT2D eigenvalue weighted by molar-refractivity contribution is 0.208. The van der Waals surface area contributed by atoms with Gasteiger partial charge in [-0.2, -0.15) is 5.10 Å². The minimum atomic E-state index is -0.684. The fourth-order valence-electron chi connectivity index (χ4n) is 4.11. The van der Waals surface area contributed by atoms with Crippen molar-refractivity contribution in [2.24, 2.45) is 0 Å².